The van der Waals surface area contributed by atoms with Crippen molar-refractivity contribution in [2.45, 2.75) is 20.3 Å². The minimum absolute atomic E-state index is 0.279. The summed E-state index contributed by atoms with van der Waals surface area (Å²) in [6.45, 7) is 9.00. The summed E-state index contributed by atoms with van der Waals surface area (Å²) < 4.78 is 1.82. The molecule has 5 nitrogen and oxygen atoms in total. The van der Waals surface area contributed by atoms with Crippen LogP contribution in [0.4, 0.5) is 0 Å². The summed E-state index contributed by atoms with van der Waals surface area (Å²) in [6.07, 6.45) is 4.70. The fourth-order valence-electron chi connectivity index (χ4n) is 1.27. The van der Waals surface area contributed by atoms with Gasteiger partial charge in [0.2, 0.25) is 5.62 Å². The van der Waals surface area contributed by atoms with E-state index in [4.69, 9.17) is 4.89 Å². The first-order chi connectivity index (χ1) is 8.19. The minimum Gasteiger partial charge on any atom is -0.288 e. The van der Waals surface area contributed by atoms with Crippen LogP contribution in [-0.2, 0) is 9.78 Å². The second-order valence-corrected chi connectivity index (χ2v) is 3.68. The molecule has 0 aromatic carbocycles. The minimum atomic E-state index is 0.279. The number of hydrogen-bond acceptors (Lipinski definition) is 4. The van der Waals surface area contributed by atoms with E-state index in [1.165, 1.54) is 7.11 Å². The number of rotatable bonds is 6. The number of hydrogen-bond donors (Lipinski definition) is 0. The third kappa shape index (κ3) is 4.13. The van der Waals surface area contributed by atoms with Crippen molar-refractivity contribution >= 4 is 5.70 Å². The number of aryl methyl sites for hydroxylation is 1. The van der Waals surface area contributed by atoms with Gasteiger partial charge in [-0.25, -0.2) is 14.8 Å². The van der Waals surface area contributed by atoms with Crippen LogP contribution in [0.5, 0.6) is 0 Å². The monoisotopic (exact) mass is 237 g/mol. The number of aromatic nitrogens is 2. The van der Waals surface area contributed by atoms with Crippen molar-refractivity contribution in [2.75, 3.05) is 20.3 Å². The van der Waals surface area contributed by atoms with E-state index in [2.05, 4.69) is 28.4 Å². The van der Waals surface area contributed by atoms with Crippen LogP contribution in [-0.4, -0.2) is 29.8 Å². The third-order valence-corrected chi connectivity index (χ3v) is 2.09. The zero-order valence-electron chi connectivity index (χ0n) is 10.6. The van der Waals surface area contributed by atoms with E-state index in [0.29, 0.717) is 5.62 Å². The Morgan fingerprint density at radius 2 is 2.35 bits per heavy atom. The molecule has 0 aliphatic carbocycles. The van der Waals surface area contributed by atoms with Gasteiger partial charge in [-0.3, -0.25) is 9.56 Å². The molecule has 0 aliphatic heterocycles. The van der Waals surface area contributed by atoms with E-state index in [0.717, 1.165) is 24.2 Å². The summed E-state index contributed by atoms with van der Waals surface area (Å²) in [5.74, 6) is 0. The Bertz CT molecular complexity index is 438. The maximum atomic E-state index is 4.86. The molecule has 1 aromatic heterocycles. The summed E-state index contributed by atoms with van der Waals surface area (Å²) in [5, 5.41) is 0. The van der Waals surface area contributed by atoms with Crippen molar-refractivity contribution in [2.24, 2.45) is 4.99 Å². The van der Waals surface area contributed by atoms with Crippen molar-refractivity contribution in [1.29, 1.82) is 0 Å². The van der Waals surface area contributed by atoms with Crippen LogP contribution in [0.25, 0.3) is 5.70 Å². The Kier molecular flexibility index (Phi) is 5.59. The van der Waals surface area contributed by atoms with Crippen molar-refractivity contribution in [3.05, 3.63) is 30.2 Å². The highest BCUT2D eigenvalue weighted by Gasteiger charge is 2.01. The molecule has 0 spiro atoms. The Morgan fingerprint density at radius 1 is 1.59 bits per heavy atom. The highest BCUT2D eigenvalue weighted by molar-refractivity contribution is 5.41. The zero-order chi connectivity index (χ0) is 12.7. The molecule has 1 aromatic rings. The molecule has 1 heterocycles. The highest BCUT2D eigenvalue weighted by atomic mass is 17.2. The molecule has 0 atom stereocenters. The average molecular weight is 237 g/mol. The van der Waals surface area contributed by atoms with Gasteiger partial charge in [0.05, 0.1) is 7.11 Å². The lowest BCUT2D eigenvalue weighted by Crippen LogP contribution is -2.25. The van der Waals surface area contributed by atoms with Crippen LogP contribution in [0.1, 0.15) is 18.9 Å². The normalized spacial score (nSPS) is 11.8. The first kappa shape index (κ1) is 13.6. The van der Waals surface area contributed by atoms with Gasteiger partial charge in [0.25, 0.3) is 0 Å². The molecular weight excluding hydrogens is 218 g/mol. The molecule has 0 radical (unpaired) electrons. The second-order valence-electron chi connectivity index (χ2n) is 3.68. The first-order valence-corrected chi connectivity index (χ1v) is 5.58. The molecule has 0 saturated heterocycles. The van der Waals surface area contributed by atoms with E-state index in [9.17, 15) is 0 Å². The SMILES string of the molecule is C=C(COOC)n1cc(C)cnc1=NCCC. The molecule has 1 rings (SSSR count). The lowest BCUT2D eigenvalue weighted by atomic mass is 10.4. The highest BCUT2D eigenvalue weighted by Crippen LogP contribution is 2.00. The van der Waals surface area contributed by atoms with Crippen molar-refractivity contribution < 1.29 is 9.78 Å². The van der Waals surface area contributed by atoms with E-state index in [1.807, 2.05) is 17.7 Å². The molecule has 0 saturated carbocycles. The van der Waals surface area contributed by atoms with E-state index >= 15 is 0 Å². The Morgan fingerprint density at radius 3 is 3.00 bits per heavy atom. The summed E-state index contributed by atoms with van der Waals surface area (Å²) >= 11 is 0. The van der Waals surface area contributed by atoms with E-state index < -0.39 is 0 Å². The van der Waals surface area contributed by atoms with Crippen molar-refractivity contribution in [3.8, 4) is 0 Å². The lowest BCUT2D eigenvalue weighted by Gasteiger charge is -2.10. The van der Waals surface area contributed by atoms with Gasteiger partial charge in [-0.2, -0.15) is 0 Å². The predicted molar refractivity (Wildman–Crippen MR) is 66.0 cm³/mol. The van der Waals surface area contributed by atoms with Crippen LogP contribution >= 0.6 is 0 Å². The van der Waals surface area contributed by atoms with Gasteiger partial charge in [-0.05, 0) is 18.9 Å². The van der Waals surface area contributed by atoms with Crippen LogP contribution in [0.3, 0.4) is 0 Å². The topological polar surface area (TPSA) is 48.6 Å². The first-order valence-electron chi connectivity index (χ1n) is 5.58. The van der Waals surface area contributed by atoms with Crippen molar-refractivity contribution in [3.63, 3.8) is 0 Å². The van der Waals surface area contributed by atoms with Crippen LogP contribution in [0.2, 0.25) is 0 Å². The predicted octanol–water partition coefficient (Wildman–Crippen LogP) is 1.55. The van der Waals surface area contributed by atoms with Gasteiger partial charge in [-0.15, -0.1) is 0 Å². The van der Waals surface area contributed by atoms with E-state index in [1.54, 1.807) is 6.20 Å². The van der Waals surface area contributed by atoms with Crippen LogP contribution < -0.4 is 5.62 Å². The van der Waals surface area contributed by atoms with Crippen molar-refractivity contribution in [1.82, 2.24) is 9.55 Å². The quantitative estimate of drug-likeness (QED) is 0.557. The summed E-state index contributed by atoms with van der Waals surface area (Å²) in [6, 6.07) is 0. The molecule has 0 amide bonds. The molecule has 94 valence electrons. The van der Waals surface area contributed by atoms with Gasteiger partial charge >= 0.3 is 0 Å². The second kappa shape index (κ2) is 6.98. The summed E-state index contributed by atoms with van der Waals surface area (Å²) in [5.41, 5.74) is 2.42. The Labute approximate surface area is 101 Å². The molecule has 0 N–H and O–H groups in total. The number of nitrogens with zero attached hydrogens (tertiary/aromatic N) is 3. The van der Waals surface area contributed by atoms with Gasteiger partial charge in [-0.1, -0.05) is 13.5 Å². The molecule has 0 fully saturated rings. The van der Waals surface area contributed by atoms with Gasteiger partial charge in [0.1, 0.15) is 6.61 Å². The Balaban J connectivity index is 3.02. The van der Waals surface area contributed by atoms with Gasteiger partial charge in [0.15, 0.2) is 0 Å². The fourth-order valence-corrected chi connectivity index (χ4v) is 1.27. The third-order valence-electron chi connectivity index (χ3n) is 2.09. The summed E-state index contributed by atoms with van der Waals surface area (Å²) in [7, 11) is 1.47. The smallest absolute Gasteiger partial charge is 0.229 e. The summed E-state index contributed by atoms with van der Waals surface area (Å²) in [4.78, 5) is 18.1. The maximum Gasteiger partial charge on any atom is 0.229 e. The molecule has 0 unspecified atom stereocenters. The Hall–Kier alpha value is -1.46. The van der Waals surface area contributed by atoms with E-state index in [-0.39, 0.29) is 6.61 Å². The molecule has 5 heteroatoms. The molecule has 0 aliphatic rings. The maximum absolute atomic E-state index is 4.86. The van der Waals surface area contributed by atoms with Crippen LogP contribution in [0.15, 0.2) is 24.0 Å². The molecular formula is C12H19N3O2. The van der Waals surface area contributed by atoms with Gasteiger partial charge in [0, 0.05) is 24.6 Å². The molecule has 17 heavy (non-hydrogen) atoms. The standard InChI is InChI=1S/C12H19N3O2/c1-5-6-13-12-14-7-10(2)8-15(12)11(3)9-17-16-4/h7-8H,3,5-6,9H2,1-2,4H3. The average Bonchev–Trinajstić information content (AvgIpc) is 2.34. The largest absolute Gasteiger partial charge is 0.288 e. The lowest BCUT2D eigenvalue weighted by molar-refractivity contribution is -0.261. The zero-order valence-corrected chi connectivity index (χ0v) is 10.6. The van der Waals surface area contributed by atoms with Crippen LogP contribution in [0, 0.1) is 6.92 Å². The molecule has 0 bridgehead atoms. The van der Waals surface area contributed by atoms with Gasteiger partial charge < -0.3 is 0 Å². The fraction of sp³-hybridized carbons (Fsp3) is 0.500.